The summed E-state index contributed by atoms with van der Waals surface area (Å²) >= 11 is 0. The predicted molar refractivity (Wildman–Crippen MR) is 44.1 cm³/mol. The van der Waals surface area contributed by atoms with Gasteiger partial charge in [0.2, 0.25) is 0 Å². The lowest BCUT2D eigenvalue weighted by Gasteiger charge is -1.89. The van der Waals surface area contributed by atoms with Gasteiger partial charge in [0.25, 0.3) is 5.91 Å². The lowest BCUT2D eigenvalue weighted by atomic mass is 10.2. The lowest BCUT2D eigenvalue weighted by molar-refractivity contribution is 0.101. The third-order valence-electron chi connectivity index (χ3n) is 1.19. The van der Waals surface area contributed by atoms with Crippen LogP contribution in [0.25, 0.3) is 0 Å². The molecule has 0 saturated heterocycles. The van der Waals surface area contributed by atoms with Crippen LogP contribution in [0, 0.1) is 4.78 Å². The van der Waals surface area contributed by atoms with Gasteiger partial charge in [-0.05, 0) is 12.1 Å². The fraction of sp³-hybridized carbons (Fsp3) is 0. The molecule has 0 spiro atoms. The molecule has 1 amide bonds. The summed E-state index contributed by atoms with van der Waals surface area (Å²) in [5.41, 5.74) is 0.345. The quantitative estimate of drug-likeness (QED) is 0.715. The van der Waals surface area contributed by atoms with Crippen molar-refractivity contribution in [2.45, 2.75) is 0 Å². The molecule has 0 aromatic heterocycles. The molecule has 1 aromatic rings. The van der Waals surface area contributed by atoms with E-state index in [1.54, 1.807) is 30.3 Å². The van der Waals surface area contributed by atoms with E-state index in [1.165, 1.54) is 0 Å². The van der Waals surface area contributed by atoms with Gasteiger partial charge in [-0.25, -0.2) is 4.78 Å². The number of carbonyl (C=O) groups is 1. The standard InChI is InChI=1S/C7H6N2O2S/c8-12(11)9-7(10)6-4-2-1-3-5-6/h1-5,8H. The van der Waals surface area contributed by atoms with Crippen LogP contribution in [0.5, 0.6) is 0 Å². The molecule has 0 atom stereocenters. The summed E-state index contributed by atoms with van der Waals surface area (Å²) in [5, 5.41) is 0. The van der Waals surface area contributed by atoms with E-state index in [2.05, 4.69) is 4.36 Å². The fourth-order valence-electron chi connectivity index (χ4n) is 0.709. The van der Waals surface area contributed by atoms with Crippen molar-refractivity contribution in [3.05, 3.63) is 35.9 Å². The monoisotopic (exact) mass is 182 g/mol. The highest BCUT2D eigenvalue weighted by molar-refractivity contribution is 7.63. The first kappa shape index (κ1) is 8.61. The zero-order chi connectivity index (χ0) is 8.97. The van der Waals surface area contributed by atoms with Crippen LogP contribution >= 0.6 is 0 Å². The molecule has 0 heterocycles. The Bertz CT molecular complexity index is 400. The summed E-state index contributed by atoms with van der Waals surface area (Å²) < 4.78 is 19.8. The van der Waals surface area contributed by atoms with Gasteiger partial charge in [0.05, 0.1) is 0 Å². The Morgan fingerprint density at radius 2 is 1.92 bits per heavy atom. The van der Waals surface area contributed by atoms with Crippen LogP contribution in [0.15, 0.2) is 34.7 Å². The maximum Gasteiger partial charge on any atom is 0.290 e. The number of nitrogens with zero attached hydrogens (tertiary/aromatic N) is 1. The molecule has 1 aromatic carbocycles. The zero-order valence-corrected chi connectivity index (χ0v) is 6.88. The van der Waals surface area contributed by atoms with Crippen molar-refractivity contribution < 1.29 is 9.00 Å². The highest BCUT2D eigenvalue weighted by atomic mass is 32.2. The number of hydrogen-bond donors (Lipinski definition) is 1. The summed E-state index contributed by atoms with van der Waals surface area (Å²) in [4.78, 5) is 11.0. The molecule has 5 heteroatoms. The number of carbonyl (C=O) groups excluding carboxylic acids is 1. The summed E-state index contributed by atoms with van der Waals surface area (Å²) in [6.07, 6.45) is 0. The van der Waals surface area contributed by atoms with Crippen LogP contribution in [-0.2, 0) is 10.4 Å². The second kappa shape index (κ2) is 3.77. The van der Waals surface area contributed by atoms with Gasteiger partial charge in [-0.3, -0.25) is 4.79 Å². The van der Waals surface area contributed by atoms with Gasteiger partial charge in [0, 0.05) is 5.56 Å². The molecular formula is C7H6N2O2S. The third-order valence-corrected chi connectivity index (χ3v) is 1.52. The largest absolute Gasteiger partial charge is 0.290 e. The average Bonchev–Trinajstić information content (AvgIpc) is 2.05. The molecule has 0 radical (unpaired) electrons. The van der Waals surface area contributed by atoms with Gasteiger partial charge in [-0.15, -0.1) is 4.36 Å². The average molecular weight is 182 g/mol. The molecule has 0 unspecified atom stereocenters. The van der Waals surface area contributed by atoms with Crippen molar-refractivity contribution in [1.29, 1.82) is 4.78 Å². The highest BCUT2D eigenvalue weighted by Crippen LogP contribution is 1.99. The van der Waals surface area contributed by atoms with E-state index in [0.29, 0.717) is 5.56 Å². The second-order valence-corrected chi connectivity index (χ2v) is 2.69. The number of hydrogen-bond acceptors (Lipinski definition) is 3. The van der Waals surface area contributed by atoms with E-state index in [0.717, 1.165) is 0 Å². The maximum absolute atomic E-state index is 11.0. The molecular weight excluding hydrogens is 176 g/mol. The first-order valence-corrected chi connectivity index (χ1v) is 4.25. The molecule has 0 bridgehead atoms. The van der Waals surface area contributed by atoms with Crippen molar-refractivity contribution in [2.24, 2.45) is 4.36 Å². The minimum absolute atomic E-state index is 0.345. The first-order valence-electron chi connectivity index (χ1n) is 3.14. The van der Waals surface area contributed by atoms with Gasteiger partial charge in [-0.2, -0.15) is 4.21 Å². The summed E-state index contributed by atoms with van der Waals surface area (Å²) in [7, 11) is -2.17. The minimum Gasteiger partial charge on any atom is -0.266 e. The van der Waals surface area contributed by atoms with Crippen LogP contribution in [0.2, 0.25) is 0 Å². The van der Waals surface area contributed by atoms with E-state index in [1.807, 2.05) is 0 Å². The van der Waals surface area contributed by atoms with Crippen LogP contribution < -0.4 is 0 Å². The zero-order valence-electron chi connectivity index (χ0n) is 6.06. The molecule has 4 nitrogen and oxygen atoms in total. The van der Waals surface area contributed by atoms with Gasteiger partial charge in [-0.1, -0.05) is 18.2 Å². The van der Waals surface area contributed by atoms with Crippen molar-refractivity contribution >= 4 is 16.3 Å². The summed E-state index contributed by atoms with van der Waals surface area (Å²) in [6.45, 7) is 0. The molecule has 1 rings (SSSR count). The Labute approximate surface area is 71.0 Å². The number of benzene rings is 1. The van der Waals surface area contributed by atoms with Gasteiger partial charge in [0.15, 0.2) is 10.4 Å². The lowest BCUT2D eigenvalue weighted by Crippen LogP contribution is -1.92. The first-order chi connectivity index (χ1) is 5.70. The third kappa shape index (κ3) is 2.28. The number of nitrogens with one attached hydrogen (secondary N) is 1. The smallest absolute Gasteiger partial charge is 0.266 e. The Morgan fingerprint density at radius 1 is 1.33 bits per heavy atom. The Kier molecular flexibility index (Phi) is 2.71. The van der Waals surface area contributed by atoms with Gasteiger partial charge >= 0.3 is 0 Å². The van der Waals surface area contributed by atoms with Crippen LogP contribution in [0.4, 0.5) is 0 Å². The van der Waals surface area contributed by atoms with Crippen molar-refractivity contribution in [1.82, 2.24) is 0 Å². The number of rotatable bonds is 1. The normalized spacial score (nSPS) is 9.00. The van der Waals surface area contributed by atoms with Crippen molar-refractivity contribution in [3.8, 4) is 0 Å². The molecule has 0 saturated carbocycles. The Morgan fingerprint density at radius 3 is 2.42 bits per heavy atom. The Hall–Kier alpha value is -1.49. The molecule has 12 heavy (non-hydrogen) atoms. The predicted octanol–water partition coefficient (Wildman–Crippen LogP) is 1.52. The van der Waals surface area contributed by atoms with E-state index >= 15 is 0 Å². The molecule has 0 aliphatic carbocycles. The van der Waals surface area contributed by atoms with E-state index in [9.17, 15) is 9.00 Å². The molecule has 0 aliphatic heterocycles. The molecule has 1 N–H and O–H groups in total. The highest BCUT2D eigenvalue weighted by Gasteiger charge is 2.00. The molecule has 0 fully saturated rings. The van der Waals surface area contributed by atoms with E-state index < -0.39 is 16.3 Å². The topological polar surface area (TPSA) is 70.3 Å². The van der Waals surface area contributed by atoms with Crippen LogP contribution in [-0.4, -0.2) is 10.1 Å². The second-order valence-electron chi connectivity index (χ2n) is 2.01. The number of amides is 1. The Balaban J connectivity index is 3.02. The SMILES string of the molecule is N=S(=O)=NC(=O)c1ccccc1. The maximum atomic E-state index is 11.0. The molecule has 62 valence electrons. The van der Waals surface area contributed by atoms with Crippen LogP contribution in [0.1, 0.15) is 10.4 Å². The molecule has 0 aliphatic rings. The van der Waals surface area contributed by atoms with Gasteiger partial charge in [0.1, 0.15) is 0 Å². The van der Waals surface area contributed by atoms with E-state index in [-0.39, 0.29) is 0 Å². The summed E-state index contributed by atoms with van der Waals surface area (Å²) in [5.74, 6) is -0.621. The summed E-state index contributed by atoms with van der Waals surface area (Å²) in [6, 6.07) is 8.22. The van der Waals surface area contributed by atoms with E-state index in [4.69, 9.17) is 4.78 Å². The van der Waals surface area contributed by atoms with Crippen LogP contribution in [0.3, 0.4) is 0 Å². The fourth-order valence-corrected chi connectivity index (χ4v) is 0.965. The van der Waals surface area contributed by atoms with Crippen molar-refractivity contribution in [2.75, 3.05) is 0 Å². The van der Waals surface area contributed by atoms with Gasteiger partial charge < -0.3 is 0 Å². The minimum atomic E-state index is -2.17. The van der Waals surface area contributed by atoms with Crippen molar-refractivity contribution in [3.63, 3.8) is 0 Å².